The lowest BCUT2D eigenvalue weighted by atomic mass is 10.2. The molecule has 0 unspecified atom stereocenters. The summed E-state index contributed by atoms with van der Waals surface area (Å²) in [6, 6.07) is 5.22. The van der Waals surface area contributed by atoms with E-state index in [2.05, 4.69) is 14.7 Å². The summed E-state index contributed by atoms with van der Waals surface area (Å²) in [5.74, 6) is -0.199. The number of oxazole rings is 1. The molecule has 0 saturated heterocycles. The lowest BCUT2D eigenvalue weighted by Gasteiger charge is -1.96. The number of nitrogens with zero attached hydrogens (tertiary/aromatic N) is 3. The molecule has 0 aromatic carbocycles. The Labute approximate surface area is 116 Å². The van der Waals surface area contributed by atoms with Crippen LogP contribution < -0.4 is 0 Å². The molecule has 20 heavy (non-hydrogen) atoms. The number of carbonyl (C=O) groups excluding carboxylic acids is 1. The van der Waals surface area contributed by atoms with Gasteiger partial charge in [-0.15, -0.1) is 0 Å². The summed E-state index contributed by atoms with van der Waals surface area (Å²) in [5, 5.41) is 8.73. The van der Waals surface area contributed by atoms with E-state index in [9.17, 15) is 4.79 Å². The highest BCUT2D eigenvalue weighted by atomic mass is 16.5. The van der Waals surface area contributed by atoms with E-state index in [1.807, 2.05) is 13.0 Å². The zero-order valence-electron chi connectivity index (χ0n) is 11.2. The topological polar surface area (TPSA) is 89.0 Å². The maximum atomic E-state index is 11.6. The number of ether oxygens (including phenoxy) is 1. The van der Waals surface area contributed by atoms with E-state index in [1.54, 1.807) is 12.1 Å². The first kappa shape index (κ1) is 13.7. The molecule has 0 atom stereocenters. The van der Waals surface area contributed by atoms with Crippen LogP contribution in [-0.2, 0) is 11.2 Å². The van der Waals surface area contributed by atoms with E-state index < -0.39 is 5.97 Å². The van der Waals surface area contributed by atoms with Crippen molar-refractivity contribution in [1.82, 2.24) is 9.97 Å². The largest absolute Gasteiger partial charge is 0.463 e. The minimum atomic E-state index is -0.555. The van der Waals surface area contributed by atoms with Gasteiger partial charge in [0.1, 0.15) is 11.8 Å². The first-order valence-corrected chi connectivity index (χ1v) is 6.14. The van der Waals surface area contributed by atoms with Crippen LogP contribution in [0.5, 0.6) is 0 Å². The molecule has 0 N–H and O–H groups in total. The highest BCUT2D eigenvalue weighted by Crippen LogP contribution is 2.22. The van der Waals surface area contributed by atoms with Gasteiger partial charge in [-0.1, -0.05) is 13.3 Å². The van der Waals surface area contributed by atoms with E-state index >= 15 is 0 Å². The molecule has 2 aromatic rings. The predicted octanol–water partition coefficient (Wildman–Crippen LogP) is 2.35. The monoisotopic (exact) mass is 271 g/mol. The average molecular weight is 271 g/mol. The minimum absolute atomic E-state index is 0.107. The van der Waals surface area contributed by atoms with Gasteiger partial charge in [0.15, 0.2) is 0 Å². The van der Waals surface area contributed by atoms with E-state index in [4.69, 9.17) is 9.68 Å². The minimum Gasteiger partial charge on any atom is -0.463 e. The van der Waals surface area contributed by atoms with Crippen molar-refractivity contribution in [2.75, 3.05) is 7.11 Å². The molecule has 0 saturated carbocycles. The Morgan fingerprint density at radius 3 is 2.85 bits per heavy atom. The van der Waals surface area contributed by atoms with Crippen LogP contribution in [0.15, 0.2) is 22.7 Å². The summed E-state index contributed by atoms with van der Waals surface area (Å²) in [4.78, 5) is 20.0. The van der Waals surface area contributed by atoms with Crippen LogP contribution in [0.4, 0.5) is 0 Å². The van der Waals surface area contributed by atoms with Gasteiger partial charge in [0.2, 0.25) is 11.7 Å². The van der Waals surface area contributed by atoms with Crippen LogP contribution >= 0.6 is 0 Å². The average Bonchev–Trinajstić information content (AvgIpc) is 2.91. The van der Waals surface area contributed by atoms with Crippen LogP contribution in [0, 0.1) is 11.3 Å². The number of esters is 1. The number of aryl methyl sites for hydroxylation is 1. The molecular formula is C14H13N3O3. The van der Waals surface area contributed by atoms with E-state index in [0.29, 0.717) is 23.4 Å². The summed E-state index contributed by atoms with van der Waals surface area (Å²) in [5.41, 5.74) is 1.47. The predicted molar refractivity (Wildman–Crippen MR) is 69.8 cm³/mol. The van der Waals surface area contributed by atoms with Gasteiger partial charge in [-0.3, -0.25) is 0 Å². The van der Waals surface area contributed by atoms with Gasteiger partial charge < -0.3 is 9.15 Å². The Bertz CT molecular complexity index is 653. The van der Waals surface area contributed by atoms with E-state index in [1.165, 1.54) is 13.3 Å². The summed E-state index contributed by atoms with van der Waals surface area (Å²) >= 11 is 0. The van der Waals surface area contributed by atoms with Crippen molar-refractivity contribution >= 4 is 5.97 Å². The van der Waals surface area contributed by atoms with Crippen LogP contribution in [-0.4, -0.2) is 23.0 Å². The molecule has 2 aromatic heterocycles. The van der Waals surface area contributed by atoms with Crippen molar-refractivity contribution < 1.29 is 13.9 Å². The summed E-state index contributed by atoms with van der Waals surface area (Å²) in [6.07, 6.45) is 2.87. The number of nitriles is 1. The maximum Gasteiger partial charge on any atom is 0.376 e. The second kappa shape index (κ2) is 5.97. The van der Waals surface area contributed by atoms with Crippen molar-refractivity contribution in [1.29, 1.82) is 5.26 Å². The van der Waals surface area contributed by atoms with Crippen molar-refractivity contribution in [3.05, 3.63) is 35.3 Å². The molecule has 6 heteroatoms. The highest BCUT2D eigenvalue weighted by molar-refractivity contribution is 5.87. The fraction of sp³-hybridized carbons (Fsp3) is 0.286. The lowest BCUT2D eigenvalue weighted by molar-refractivity contribution is 0.0564. The Balaban J connectivity index is 2.41. The van der Waals surface area contributed by atoms with Crippen molar-refractivity contribution in [3.8, 4) is 17.7 Å². The SMILES string of the molecule is CCCc1nc(-c2ccc(C#N)cn2)oc1C(=O)OC. The Morgan fingerprint density at radius 1 is 1.50 bits per heavy atom. The molecule has 0 fully saturated rings. The molecule has 0 aliphatic carbocycles. The Morgan fingerprint density at radius 2 is 2.30 bits per heavy atom. The third-order valence-electron chi connectivity index (χ3n) is 2.67. The molecule has 0 bridgehead atoms. The first-order chi connectivity index (χ1) is 9.69. The number of pyridine rings is 1. The third kappa shape index (κ3) is 2.67. The number of rotatable bonds is 4. The second-order valence-corrected chi connectivity index (χ2v) is 4.08. The standard InChI is InChI=1S/C14H13N3O3/c1-3-4-10-12(14(18)19-2)20-13(17-10)11-6-5-9(7-15)8-16-11/h5-6,8H,3-4H2,1-2H3. The molecule has 2 heterocycles. The van der Waals surface area contributed by atoms with Gasteiger partial charge in [0.25, 0.3) is 0 Å². The molecule has 6 nitrogen and oxygen atoms in total. The van der Waals surface area contributed by atoms with E-state index in [0.717, 1.165) is 6.42 Å². The van der Waals surface area contributed by atoms with Crippen molar-refractivity contribution in [2.24, 2.45) is 0 Å². The van der Waals surface area contributed by atoms with Gasteiger partial charge in [-0.05, 0) is 18.6 Å². The van der Waals surface area contributed by atoms with Crippen LogP contribution in [0.25, 0.3) is 11.6 Å². The summed E-state index contributed by atoms with van der Waals surface area (Å²) in [7, 11) is 1.29. The smallest absolute Gasteiger partial charge is 0.376 e. The number of hydrogen-bond donors (Lipinski definition) is 0. The summed E-state index contributed by atoms with van der Waals surface area (Å²) in [6.45, 7) is 1.98. The molecule has 0 radical (unpaired) electrons. The van der Waals surface area contributed by atoms with Crippen LogP contribution in [0.2, 0.25) is 0 Å². The number of aromatic nitrogens is 2. The molecule has 0 amide bonds. The number of methoxy groups -OCH3 is 1. The van der Waals surface area contributed by atoms with Crippen LogP contribution in [0.1, 0.15) is 35.2 Å². The Hall–Kier alpha value is -2.68. The maximum absolute atomic E-state index is 11.6. The van der Waals surface area contributed by atoms with Gasteiger partial charge in [-0.2, -0.15) is 5.26 Å². The van der Waals surface area contributed by atoms with Crippen molar-refractivity contribution in [3.63, 3.8) is 0 Å². The second-order valence-electron chi connectivity index (χ2n) is 4.08. The summed E-state index contributed by atoms with van der Waals surface area (Å²) < 4.78 is 10.1. The molecule has 0 aliphatic rings. The Kier molecular flexibility index (Phi) is 4.11. The van der Waals surface area contributed by atoms with Gasteiger partial charge >= 0.3 is 5.97 Å². The quantitative estimate of drug-likeness (QED) is 0.793. The lowest BCUT2D eigenvalue weighted by Crippen LogP contribution is -2.03. The van der Waals surface area contributed by atoms with Crippen LogP contribution in [0.3, 0.4) is 0 Å². The molecule has 0 aliphatic heterocycles. The number of carbonyl (C=O) groups is 1. The third-order valence-corrected chi connectivity index (χ3v) is 2.67. The van der Waals surface area contributed by atoms with E-state index in [-0.39, 0.29) is 11.7 Å². The fourth-order valence-corrected chi connectivity index (χ4v) is 1.71. The zero-order chi connectivity index (χ0) is 14.5. The van der Waals surface area contributed by atoms with Gasteiger partial charge in [-0.25, -0.2) is 14.8 Å². The fourth-order valence-electron chi connectivity index (χ4n) is 1.71. The van der Waals surface area contributed by atoms with Gasteiger partial charge in [0, 0.05) is 6.20 Å². The molecule has 0 spiro atoms. The molecule has 2 rings (SSSR count). The van der Waals surface area contributed by atoms with Crippen molar-refractivity contribution in [2.45, 2.75) is 19.8 Å². The molecule has 102 valence electrons. The zero-order valence-corrected chi connectivity index (χ0v) is 11.2. The highest BCUT2D eigenvalue weighted by Gasteiger charge is 2.21. The number of hydrogen-bond acceptors (Lipinski definition) is 6. The molecular weight excluding hydrogens is 258 g/mol. The van der Waals surface area contributed by atoms with Gasteiger partial charge in [0.05, 0.1) is 18.4 Å². The first-order valence-electron chi connectivity index (χ1n) is 6.14. The normalized spacial score (nSPS) is 10.1.